The van der Waals surface area contributed by atoms with Gasteiger partial charge in [0.25, 0.3) is 5.91 Å². The number of halogens is 2. The van der Waals surface area contributed by atoms with Crippen molar-refractivity contribution in [3.8, 4) is 0 Å². The van der Waals surface area contributed by atoms with E-state index in [0.717, 1.165) is 11.3 Å². The molecule has 0 saturated heterocycles. The van der Waals surface area contributed by atoms with Crippen LogP contribution in [0.2, 0.25) is 10.0 Å². The van der Waals surface area contributed by atoms with Crippen molar-refractivity contribution in [2.75, 3.05) is 18.5 Å². The Morgan fingerprint density at radius 2 is 1.91 bits per heavy atom. The van der Waals surface area contributed by atoms with Crippen molar-refractivity contribution in [3.63, 3.8) is 0 Å². The lowest BCUT2D eigenvalue weighted by Crippen LogP contribution is -2.26. The van der Waals surface area contributed by atoms with E-state index in [1.54, 1.807) is 30.3 Å². The van der Waals surface area contributed by atoms with Crippen molar-refractivity contribution in [1.29, 1.82) is 0 Å². The van der Waals surface area contributed by atoms with E-state index in [4.69, 9.17) is 28.3 Å². The molecule has 1 amide bonds. The van der Waals surface area contributed by atoms with Crippen molar-refractivity contribution in [2.45, 2.75) is 6.54 Å². The topological polar surface area (TPSA) is 61.4 Å². The maximum Gasteiger partial charge on any atom is 0.251 e. The summed E-state index contributed by atoms with van der Waals surface area (Å²) in [5.74, 6) is -0.216. The van der Waals surface area contributed by atoms with Crippen molar-refractivity contribution in [2.24, 2.45) is 0 Å². The Morgan fingerprint density at radius 3 is 2.64 bits per heavy atom. The van der Waals surface area contributed by atoms with E-state index < -0.39 is 0 Å². The summed E-state index contributed by atoms with van der Waals surface area (Å²) in [5.41, 5.74) is 2.35. The average Bonchev–Trinajstić information content (AvgIpc) is 2.54. The Kier molecular flexibility index (Phi) is 6.07. The fourth-order valence-corrected chi connectivity index (χ4v) is 2.22. The van der Waals surface area contributed by atoms with Crippen LogP contribution in [0.15, 0.2) is 42.5 Å². The number of benzene rings is 2. The van der Waals surface area contributed by atoms with Crippen LogP contribution < -0.4 is 10.6 Å². The van der Waals surface area contributed by atoms with E-state index in [9.17, 15) is 4.79 Å². The molecule has 0 aromatic heterocycles. The van der Waals surface area contributed by atoms with Crippen LogP contribution in [-0.4, -0.2) is 24.2 Å². The Hall–Kier alpha value is -1.75. The Balaban J connectivity index is 2.01. The van der Waals surface area contributed by atoms with Crippen LogP contribution in [0.5, 0.6) is 0 Å². The van der Waals surface area contributed by atoms with Crippen LogP contribution >= 0.6 is 23.2 Å². The van der Waals surface area contributed by atoms with Gasteiger partial charge in [0.1, 0.15) is 0 Å². The highest BCUT2D eigenvalue weighted by Gasteiger charge is 2.05. The molecule has 0 fully saturated rings. The number of anilines is 1. The first-order chi connectivity index (χ1) is 10.6. The first-order valence-corrected chi connectivity index (χ1v) is 7.52. The fourth-order valence-electron chi connectivity index (χ4n) is 1.90. The highest BCUT2D eigenvalue weighted by molar-refractivity contribution is 6.42. The van der Waals surface area contributed by atoms with Crippen molar-refractivity contribution < 1.29 is 9.90 Å². The second kappa shape index (κ2) is 8.03. The van der Waals surface area contributed by atoms with Gasteiger partial charge in [-0.05, 0) is 35.9 Å². The summed E-state index contributed by atoms with van der Waals surface area (Å²) in [6.45, 7) is 0.722. The molecule has 0 radical (unpaired) electrons. The van der Waals surface area contributed by atoms with Gasteiger partial charge in [-0.2, -0.15) is 0 Å². The predicted octanol–water partition coefficient (Wildman–Crippen LogP) is 3.33. The summed E-state index contributed by atoms with van der Waals surface area (Å²) in [7, 11) is 0. The Bertz CT molecular complexity index is 662. The summed E-state index contributed by atoms with van der Waals surface area (Å²) in [4.78, 5) is 11.8. The van der Waals surface area contributed by atoms with E-state index >= 15 is 0 Å². The van der Waals surface area contributed by atoms with E-state index in [0.29, 0.717) is 22.2 Å². The molecule has 0 bridgehead atoms. The van der Waals surface area contributed by atoms with Gasteiger partial charge in [0, 0.05) is 24.3 Å². The van der Waals surface area contributed by atoms with Gasteiger partial charge >= 0.3 is 0 Å². The minimum Gasteiger partial charge on any atom is -0.395 e. The third kappa shape index (κ3) is 4.63. The summed E-state index contributed by atoms with van der Waals surface area (Å²) < 4.78 is 0. The molecule has 0 aliphatic rings. The molecular weight excluding hydrogens is 323 g/mol. The number of amides is 1. The van der Waals surface area contributed by atoms with E-state index in [2.05, 4.69) is 10.6 Å². The fraction of sp³-hybridized carbons (Fsp3) is 0.188. The number of aliphatic hydroxyl groups is 1. The maximum absolute atomic E-state index is 11.8. The minimum absolute atomic E-state index is 0.0823. The Morgan fingerprint density at radius 1 is 1.09 bits per heavy atom. The van der Waals surface area contributed by atoms with Gasteiger partial charge in [-0.3, -0.25) is 4.79 Å². The minimum atomic E-state index is -0.216. The zero-order chi connectivity index (χ0) is 15.9. The molecule has 3 N–H and O–H groups in total. The van der Waals surface area contributed by atoms with Crippen LogP contribution in [0.25, 0.3) is 0 Å². The molecule has 22 heavy (non-hydrogen) atoms. The highest BCUT2D eigenvalue weighted by Crippen LogP contribution is 2.23. The first kappa shape index (κ1) is 16.6. The van der Waals surface area contributed by atoms with Gasteiger partial charge in [0.05, 0.1) is 16.7 Å². The van der Waals surface area contributed by atoms with Crippen molar-refractivity contribution >= 4 is 34.8 Å². The number of hydrogen-bond donors (Lipinski definition) is 3. The smallest absolute Gasteiger partial charge is 0.251 e. The monoisotopic (exact) mass is 338 g/mol. The third-order valence-corrected chi connectivity index (χ3v) is 3.74. The molecule has 4 nitrogen and oxygen atoms in total. The standard InChI is InChI=1S/C16H16Cl2N2O2/c17-14-5-4-11(8-15(14)18)10-20-13-3-1-2-12(9-13)16(22)19-6-7-21/h1-5,8-9,20-21H,6-7,10H2,(H,19,22). The lowest BCUT2D eigenvalue weighted by Gasteiger charge is -2.09. The molecule has 0 saturated carbocycles. The molecule has 0 aliphatic carbocycles. The largest absolute Gasteiger partial charge is 0.395 e. The van der Waals surface area contributed by atoms with Crippen LogP contribution in [0.1, 0.15) is 15.9 Å². The molecule has 0 spiro atoms. The predicted molar refractivity (Wildman–Crippen MR) is 89.6 cm³/mol. The molecule has 6 heteroatoms. The maximum atomic E-state index is 11.8. The van der Waals surface area contributed by atoms with Crippen LogP contribution in [0, 0.1) is 0 Å². The molecule has 0 aliphatic heterocycles. The lowest BCUT2D eigenvalue weighted by atomic mass is 10.1. The molecule has 2 aromatic rings. The van der Waals surface area contributed by atoms with Gasteiger partial charge in [-0.1, -0.05) is 35.3 Å². The number of nitrogens with one attached hydrogen (secondary N) is 2. The second-order valence-electron chi connectivity index (χ2n) is 4.66. The third-order valence-electron chi connectivity index (χ3n) is 3.00. The summed E-state index contributed by atoms with van der Waals surface area (Å²) in [6, 6.07) is 12.6. The van der Waals surface area contributed by atoms with Crippen LogP contribution in [0.3, 0.4) is 0 Å². The molecule has 0 heterocycles. The highest BCUT2D eigenvalue weighted by atomic mass is 35.5. The molecule has 116 valence electrons. The average molecular weight is 339 g/mol. The molecule has 0 unspecified atom stereocenters. The first-order valence-electron chi connectivity index (χ1n) is 6.77. The van der Waals surface area contributed by atoms with Gasteiger partial charge in [0.15, 0.2) is 0 Å². The van der Waals surface area contributed by atoms with Crippen LogP contribution in [-0.2, 0) is 6.54 Å². The molecule has 0 atom stereocenters. The number of hydrogen-bond acceptors (Lipinski definition) is 3. The Labute approximate surface area is 139 Å². The number of aliphatic hydroxyl groups excluding tert-OH is 1. The number of rotatable bonds is 6. The quantitative estimate of drug-likeness (QED) is 0.757. The summed E-state index contributed by atoms with van der Waals surface area (Å²) in [5, 5.41) is 15.6. The van der Waals surface area contributed by atoms with Gasteiger partial charge in [-0.15, -0.1) is 0 Å². The van der Waals surface area contributed by atoms with Crippen LogP contribution in [0.4, 0.5) is 5.69 Å². The van der Waals surface area contributed by atoms with E-state index in [1.807, 2.05) is 12.1 Å². The normalized spacial score (nSPS) is 10.3. The van der Waals surface area contributed by atoms with Crippen molar-refractivity contribution in [1.82, 2.24) is 5.32 Å². The van der Waals surface area contributed by atoms with Crippen molar-refractivity contribution in [3.05, 3.63) is 63.6 Å². The second-order valence-corrected chi connectivity index (χ2v) is 5.48. The SMILES string of the molecule is O=C(NCCO)c1cccc(NCc2ccc(Cl)c(Cl)c2)c1. The summed E-state index contributed by atoms with van der Waals surface area (Å²) >= 11 is 11.9. The summed E-state index contributed by atoms with van der Waals surface area (Å²) in [6.07, 6.45) is 0. The molecule has 2 aromatic carbocycles. The number of carbonyl (C=O) groups is 1. The van der Waals surface area contributed by atoms with Gasteiger partial charge in [0.2, 0.25) is 0 Å². The number of carbonyl (C=O) groups excluding carboxylic acids is 1. The molecular formula is C16H16Cl2N2O2. The van der Waals surface area contributed by atoms with Gasteiger partial charge in [-0.25, -0.2) is 0 Å². The van der Waals surface area contributed by atoms with E-state index in [1.165, 1.54) is 0 Å². The lowest BCUT2D eigenvalue weighted by molar-refractivity contribution is 0.0945. The zero-order valence-electron chi connectivity index (χ0n) is 11.8. The zero-order valence-corrected chi connectivity index (χ0v) is 13.3. The van der Waals surface area contributed by atoms with Gasteiger partial charge < -0.3 is 15.7 Å². The van der Waals surface area contributed by atoms with E-state index in [-0.39, 0.29) is 19.1 Å². The molecule has 2 rings (SSSR count).